The highest BCUT2D eigenvalue weighted by Gasteiger charge is 2.18. The van der Waals surface area contributed by atoms with Crippen molar-refractivity contribution < 1.29 is 9.63 Å². The summed E-state index contributed by atoms with van der Waals surface area (Å²) in [6.45, 7) is 1.67. The van der Waals surface area contributed by atoms with Crippen molar-refractivity contribution in [2.24, 2.45) is 0 Å². The number of pyridine rings is 1. The van der Waals surface area contributed by atoms with Gasteiger partial charge in [-0.25, -0.2) is 4.68 Å². The van der Waals surface area contributed by atoms with Gasteiger partial charge in [-0.05, 0) is 19.1 Å². The number of hydrogen-bond donors (Lipinski definition) is 1. The standard InChI is InChI=1S/C13H12N4O3/c1-8-10-11(9-2-4-14-5-3-9)15-17(6-7-18)13(19)12(10)16-20-8/h2-5,18H,6-7H2,1H3. The average molecular weight is 272 g/mol. The van der Waals surface area contributed by atoms with Gasteiger partial charge < -0.3 is 9.63 Å². The van der Waals surface area contributed by atoms with Gasteiger partial charge in [0.15, 0.2) is 5.52 Å². The van der Waals surface area contributed by atoms with Gasteiger partial charge in [-0.15, -0.1) is 0 Å². The van der Waals surface area contributed by atoms with E-state index in [0.29, 0.717) is 16.8 Å². The summed E-state index contributed by atoms with van der Waals surface area (Å²) in [7, 11) is 0. The van der Waals surface area contributed by atoms with Gasteiger partial charge in [0.25, 0.3) is 5.56 Å². The molecule has 20 heavy (non-hydrogen) atoms. The highest BCUT2D eigenvalue weighted by molar-refractivity contribution is 5.92. The zero-order chi connectivity index (χ0) is 14.1. The first-order valence-electron chi connectivity index (χ1n) is 6.10. The average Bonchev–Trinajstić information content (AvgIpc) is 2.86. The molecule has 0 bridgehead atoms. The van der Waals surface area contributed by atoms with Crippen LogP contribution in [0.5, 0.6) is 0 Å². The molecule has 0 unspecified atom stereocenters. The quantitative estimate of drug-likeness (QED) is 0.756. The van der Waals surface area contributed by atoms with E-state index in [2.05, 4.69) is 15.2 Å². The predicted octanol–water partition coefficient (Wildman–Crippen LogP) is 0.747. The number of fused-ring (bicyclic) bond motifs is 1. The van der Waals surface area contributed by atoms with Crippen LogP contribution in [-0.4, -0.2) is 31.6 Å². The van der Waals surface area contributed by atoms with E-state index >= 15 is 0 Å². The number of rotatable bonds is 3. The molecule has 0 aliphatic heterocycles. The van der Waals surface area contributed by atoms with Crippen molar-refractivity contribution in [1.29, 1.82) is 0 Å². The van der Waals surface area contributed by atoms with Crippen LogP contribution in [0.25, 0.3) is 22.2 Å². The van der Waals surface area contributed by atoms with Crippen LogP contribution in [0.4, 0.5) is 0 Å². The molecule has 3 heterocycles. The minimum atomic E-state index is -0.372. The molecule has 0 radical (unpaired) electrons. The Kier molecular flexibility index (Phi) is 3.03. The maximum atomic E-state index is 12.2. The van der Waals surface area contributed by atoms with Crippen LogP contribution in [-0.2, 0) is 6.54 Å². The maximum Gasteiger partial charge on any atom is 0.296 e. The number of aromatic nitrogens is 4. The molecule has 0 aliphatic rings. The Morgan fingerprint density at radius 3 is 2.80 bits per heavy atom. The lowest BCUT2D eigenvalue weighted by Crippen LogP contribution is -2.25. The monoisotopic (exact) mass is 272 g/mol. The van der Waals surface area contributed by atoms with Crippen LogP contribution in [0, 0.1) is 6.92 Å². The Hall–Kier alpha value is -2.54. The number of nitrogens with zero attached hydrogens (tertiary/aromatic N) is 4. The summed E-state index contributed by atoms with van der Waals surface area (Å²) in [4.78, 5) is 16.1. The van der Waals surface area contributed by atoms with Crippen molar-refractivity contribution in [1.82, 2.24) is 19.9 Å². The topological polar surface area (TPSA) is 94.0 Å². The van der Waals surface area contributed by atoms with E-state index in [4.69, 9.17) is 9.63 Å². The second kappa shape index (κ2) is 4.86. The second-order valence-electron chi connectivity index (χ2n) is 4.30. The highest BCUT2D eigenvalue weighted by atomic mass is 16.5. The molecular formula is C13H12N4O3. The molecule has 0 saturated heterocycles. The molecule has 3 aromatic rings. The van der Waals surface area contributed by atoms with Gasteiger partial charge in [0.05, 0.1) is 18.5 Å². The van der Waals surface area contributed by atoms with E-state index in [1.807, 2.05) is 0 Å². The smallest absolute Gasteiger partial charge is 0.296 e. The Morgan fingerprint density at radius 1 is 1.35 bits per heavy atom. The van der Waals surface area contributed by atoms with Crippen molar-refractivity contribution in [3.05, 3.63) is 40.6 Å². The van der Waals surface area contributed by atoms with Crippen molar-refractivity contribution in [3.8, 4) is 11.3 Å². The summed E-state index contributed by atoms with van der Waals surface area (Å²) < 4.78 is 6.30. The van der Waals surface area contributed by atoms with Crippen LogP contribution < -0.4 is 5.56 Å². The van der Waals surface area contributed by atoms with Gasteiger partial charge in [0, 0.05) is 18.0 Å². The number of aliphatic hydroxyl groups is 1. The molecule has 3 aromatic heterocycles. The molecule has 0 saturated carbocycles. The van der Waals surface area contributed by atoms with Gasteiger partial charge in [-0.3, -0.25) is 9.78 Å². The second-order valence-corrected chi connectivity index (χ2v) is 4.30. The van der Waals surface area contributed by atoms with Crippen LogP contribution in [0.2, 0.25) is 0 Å². The van der Waals surface area contributed by atoms with Gasteiger partial charge in [0.2, 0.25) is 0 Å². The third-order valence-electron chi connectivity index (χ3n) is 3.02. The maximum absolute atomic E-state index is 12.2. The van der Waals surface area contributed by atoms with Crippen molar-refractivity contribution in [2.75, 3.05) is 6.61 Å². The van der Waals surface area contributed by atoms with Crippen LogP contribution >= 0.6 is 0 Å². The van der Waals surface area contributed by atoms with Crippen LogP contribution in [0.3, 0.4) is 0 Å². The first-order valence-corrected chi connectivity index (χ1v) is 6.10. The van der Waals surface area contributed by atoms with E-state index < -0.39 is 0 Å². The van der Waals surface area contributed by atoms with Gasteiger partial charge in [-0.1, -0.05) is 5.16 Å². The lowest BCUT2D eigenvalue weighted by molar-refractivity contribution is 0.266. The molecule has 0 fully saturated rings. The number of aliphatic hydroxyl groups excluding tert-OH is 1. The zero-order valence-corrected chi connectivity index (χ0v) is 10.8. The molecular weight excluding hydrogens is 260 g/mol. The van der Waals surface area contributed by atoms with Crippen molar-refractivity contribution in [2.45, 2.75) is 13.5 Å². The Morgan fingerprint density at radius 2 is 2.10 bits per heavy atom. The summed E-state index contributed by atoms with van der Waals surface area (Å²) in [6, 6.07) is 3.59. The summed E-state index contributed by atoms with van der Waals surface area (Å²) >= 11 is 0. The molecule has 0 spiro atoms. The lowest BCUT2D eigenvalue weighted by atomic mass is 10.1. The lowest BCUT2D eigenvalue weighted by Gasteiger charge is -2.07. The molecule has 3 rings (SSSR count). The zero-order valence-electron chi connectivity index (χ0n) is 10.8. The molecule has 7 heteroatoms. The number of hydrogen-bond acceptors (Lipinski definition) is 6. The van der Waals surface area contributed by atoms with Crippen molar-refractivity contribution >= 4 is 10.9 Å². The normalized spacial score (nSPS) is 11.1. The van der Waals surface area contributed by atoms with Gasteiger partial charge >= 0.3 is 0 Å². The third-order valence-corrected chi connectivity index (χ3v) is 3.02. The number of aryl methyl sites for hydroxylation is 1. The molecule has 0 amide bonds. The Bertz CT molecular complexity index is 808. The summed E-state index contributed by atoms with van der Waals surface area (Å²) in [6.07, 6.45) is 3.29. The predicted molar refractivity (Wildman–Crippen MR) is 71.1 cm³/mol. The fourth-order valence-electron chi connectivity index (χ4n) is 2.09. The van der Waals surface area contributed by atoms with Crippen LogP contribution in [0.1, 0.15) is 5.76 Å². The Balaban J connectivity index is 2.38. The largest absolute Gasteiger partial charge is 0.394 e. The van der Waals surface area contributed by atoms with Crippen LogP contribution in [0.15, 0.2) is 33.8 Å². The highest BCUT2D eigenvalue weighted by Crippen LogP contribution is 2.26. The molecule has 1 N–H and O–H groups in total. The molecule has 7 nitrogen and oxygen atoms in total. The first kappa shape index (κ1) is 12.5. The van der Waals surface area contributed by atoms with E-state index in [-0.39, 0.29) is 24.2 Å². The fraction of sp³-hybridized carbons (Fsp3) is 0.231. The molecule has 0 aromatic carbocycles. The molecule has 0 aliphatic carbocycles. The summed E-state index contributed by atoms with van der Waals surface area (Å²) in [5, 5.41) is 17.7. The van der Waals surface area contributed by atoms with Crippen molar-refractivity contribution in [3.63, 3.8) is 0 Å². The van der Waals surface area contributed by atoms with E-state index in [9.17, 15) is 4.79 Å². The molecule has 0 atom stereocenters. The first-order chi connectivity index (χ1) is 9.72. The van der Waals surface area contributed by atoms with E-state index in [1.54, 1.807) is 31.5 Å². The summed E-state index contributed by atoms with van der Waals surface area (Å²) in [5.41, 5.74) is 1.25. The fourth-order valence-corrected chi connectivity index (χ4v) is 2.09. The minimum absolute atomic E-state index is 0.110. The van der Waals surface area contributed by atoms with E-state index in [0.717, 1.165) is 5.56 Å². The van der Waals surface area contributed by atoms with E-state index in [1.165, 1.54) is 4.68 Å². The SMILES string of the molecule is Cc1onc2c(=O)n(CCO)nc(-c3ccncc3)c12. The Labute approximate surface area is 113 Å². The molecule has 102 valence electrons. The van der Waals surface area contributed by atoms with Gasteiger partial charge in [0.1, 0.15) is 11.5 Å². The summed E-state index contributed by atoms with van der Waals surface area (Å²) in [5.74, 6) is 0.535. The minimum Gasteiger partial charge on any atom is -0.394 e. The third kappa shape index (κ3) is 1.88. The van der Waals surface area contributed by atoms with Gasteiger partial charge in [-0.2, -0.15) is 5.10 Å².